The Morgan fingerprint density at radius 1 is 0.912 bits per heavy atom. The normalized spacial score (nSPS) is 10.6. The molecule has 1 aromatic heterocycles. The van der Waals surface area contributed by atoms with Crippen molar-refractivity contribution in [2.75, 3.05) is 24.4 Å². The molecule has 0 aliphatic carbocycles. The molecule has 0 radical (unpaired) electrons. The molecule has 0 fully saturated rings. The second-order valence-corrected chi connectivity index (χ2v) is 8.87. The Bertz CT molecular complexity index is 1340. The minimum Gasteiger partial charge on any atom is -0.497 e. The lowest BCUT2D eigenvalue weighted by Crippen LogP contribution is -2.20. The van der Waals surface area contributed by atoms with Crippen LogP contribution in [0.4, 0.5) is 11.4 Å². The molecule has 3 aromatic carbocycles. The molecule has 172 valence electrons. The van der Waals surface area contributed by atoms with Crippen molar-refractivity contribution in [1.29, 1.82) is 0 Å². The van der Waals surface area contributed by atoms with Gasteiger partial charge in [0.15, 0.2) is 12.4 Å². The van der Waals surface area contributed by atoms with Crippen molar-refractivity contribution in [3.63, 3.8) is 0 Å². The first-order valence-corrected chi connectivity index (χ1v) is 11.7. The lowest BCUT2D eigenvalue weighted by molar-refractivity contribution is -0.118. The van der Waals surface area contributed by atoms with Gasteiger partial charge in [0, 0.05) is 33.0 Å². The molecule has 9 heteroatoms. The summed E-state index contributed by atoms with van der Waals surface area (Å²) >= 11 is 6.97. The Labute approximate surface area is 212 Å². The topological polar surface area (TPSA) is 89.6 Å². The zero-order valence-electron chi connectivity index (χ0n) is 18.0. The van der Waals surface area contributed by atoms with E-state index in [1.54, 1.807) is 61.8 Å². The van der Waals surface area contributed by atoms with Gasteiger partial charge in [-0.15, -0.1) is 0 Å². The van der Waals surface area contributed by atoms with Gasteiger partial charge in [0.2, 0.25) is 0 Å². The maximum Gasteiger partial charge on any atom is 0.262 e. The Morgan fingerprint density at radius 3 is 2.29 bits per heavy atom. The second-order valence-electron chi connectivity index (χ2n) is 7.17. The van der Waals surface area contributed by atoms with Crippen LogP contribution in [0, 0.1) is 0 Å². The van der Waals surface area contributed by atoms with Crippen LogP contribution in [-0.2, 0) is 4.79 Å². The molecule has 0 aliphatic rings. The van der Waals surface area contributed by atoms with Crippen LogP contribution >= 0.6 is 31.9 Å². The van der Waals surface area contributed by atoms with Crippen molar-refractivity contribution in [2.45, 2.75) is 0 Å². The molecule has 2 amide bonds. The van der Waals surface area contributed by atoms with E-state index >= 15 is 0 Å². The highest BCUT2D eigenvalue weighted by Crippen LogP contribution is 2.37. The van der Waals surface area contributed by atoms with E-state index in [-0.39, 0.29) is 18.4 Å². The van der Waals surface area contributed by atoms with E-state index in [1.807, 2.05) is 18.2 Å². The highest BCUT2D eigenvalue weighted by atomic mass is 79.9. The highest BCUT2D eigenvalue weighted by Gasteiger charge is 2.14. The number of methoxy groups -OCH3 is 1. The molecule has 4 aromatic rings. The van der Waals surface area contributed by atoms with Crippen LogP contribution in [0.25, 0.3) is 10.9 Å². The van der Waals surface area contributed by atoms with Crippen LogP contribution in [0.2, 0.25) is 0 Å². The average Bonchev–Trinajstić information content (AvgIpc) is 2.85. The highest BCUT2D eigenvalue weighted by molar-refractivity contribution is 9.11. The van der Waals surface area contributed by atoms with Gasteiger partial charge < -0.3 is 20.1 Å². The Hall–Kier alpha value is -3.43. The number of pyridine rings is 1. The van der Waals surface area contributed by atoms with E-state index in [1.165, 1.54) is 0 Å². The molecule has 7 nitrogen and oxygen atoms in total. The van der Waals surface area contributed by atoms with Gasteiger partial charge in [0.05, 0.1) is 11.6 Å². The summed E-state index contributed by atoms with van der Waals surface area (Å²) in [5.74, 6) is 0.596. The van der Waals surface area contributed by atoms with Gasteiger partial charge in [-0.25, -0.2) is 0 Å². The standard InChI is InChI=1S/C25H19Br2N3O4/c1-33-18-10-8-17(9-11-18)30-25(32)15-4-6-16(7-5-15)29-22(31)14-34-24-21(27)13-20(26)19-3-2-12-28-23(19)24/h2-13H,14H2,1H3,(H,29,31)(H,30,32). The van der Waals surface area contributed by atoms with E-state index in [2.05, 4.69) is 47.5 Å². The van der Waals surface area contributed by atoms with E-state index in [9.17, 15) is 9.59 Å². The SMILES string of the molecule is COc1ccc(NC(=O)c2ccc(NC(=O)COc3c(Br)cc(Br)c4cccnc34)cc2)cc1. The Balaban J connectivity index is 1.36. The van der Waals surface area contributed by atoms with E-state index in [4.69, 9.17) is 9.47 Å². The number of benzene rings is 3. The van der Waals surface area contributed by atoms with Crippen molar-refractivity contribution in [3.8, 4) is 11.5 Å². The zero-order chi connectivity index (χ0) is 24.1. The lowest BCUT2D eigenvalue weighted by atomic mass is 10.2. The van der Waals surface area contributed by atoms with Crippen LogP contribution in [0.15, 0.2) is 81.9 Å². The van der Waals surface area contributed by atoms with Crippen LogP contribution in [0.3, 0.4) is 0 Å². The average molecular weight is 585 g/mol. The first-order valence-electron chi connectivity index (χ1n) is 10.2. The Kier molecular flexibility index (Phi) is 7.44. The monoisotopic (exact) mass is 583 g/mol. The van der Waals surface area contributed by atoms with Crippen molar-refractivity contribution in [2.24, 2.45) is 0 Å². The number of hydrogen-bond acceptors (Lipinski definition) is 5. The third kappa shape index (κ3) is 5.55. The summed E-state index contributed by atoms with van der Waals surface area (Å²) in [6.07, 6.45) is 1.67. The molecule has 0 unspecified atom stereocenters. The van der Waals surface area contributed by atoms with Gasteiger partial charge >= 0.3 is 0 Å². The summed E-state index contributed by atoms with van der Waals surface area (Å²) in [6, 6.07) is 19.2. The van der Waals surface area contributed by atoms with Gasteiger partial charge in [-0.2, -0.15) is 0 Å². The molecular weight excluding hydrogens is 566 g/mol. The summed E-state index contributed by atoms with van der Waals surface area (Å²) in [6.45, 7) is -0.203. The molecule has 34 heavy (non-hydrogen) atoms. The van der Waals surface area contributed by atoms with E-state index in [0.717, 1.165) is 9.86 Å². The van der Waals surface area contributed by atoms with Gasteiger partial charge in [-0.1, -0.05) is 22.0 Å². The minimum absolute atomic E-state index is 0.203. The van der Waals surface area contributed by atoms with Gasteiger partial charge in [-0.05, 0) is 76.6 Å². The maximum atomic E-state index is 12.5. The molecule has 1 heterocycles. The Morgan fingerprint density at radius 2 is 1.59 bits per heavy atom. The number of fused-ring (bicyclic) bond motifs is 1. The molecule has 0 atom stereocenters. The van der Waals surface area contributed by atoms with Crippen molar-refractivity contribution >= 4 is 66.0 Å². The van der Waals surface area contributed by atoms with E-state index < -0.39 is 0 Å². The van der Waals surface area contributed by atoms with Gasteiger partial charge in [0.25, 0.3) is 11.8 Å². The van der Waals surface area contributed by atoms with E-state index in [0.29, 0.717) is 38.4 Å². The number of amides is 2. The zero-order valence-corrected chi connectivity index (χ0v) is 21.1. The fourth-order valence-corrected chi connectivity index (χ4v) is 4.59. The molecule has 2 N–H and O–H groups in total. The fourth-order valence-electron chi connectivity index (χ4n) is 3.20. The van der Waals surface area contributed by atoms with Crippen LogP contribution in [-0.4, -0.2) is 30.5 Å². The number of rotatable bonds is 7. The van der Waals surface area contributed by atoms with Crippen LogP contribution in [0.5, 0.6) is 11.5 Å². The third-order valence-electron chi connectivity index (χ3n) is 4.88. The summed E-state index contributed by atoms with van der Waals surface area (Å²) in [4.78, 5) is 29.3. The maximum absolute atomic E-state index is 12.5. The second kappa shape index (κ2) is 10.7. The number of anilines is 2. The molecule has 4 rings (SSSR count). The van der Waals surface area contributed by atoms with Crippen LogP contribution in [0.1, 0.15) is 10.4 Å². The number of nitrogens with zero attached hydrogens (tertiary/aromatic N) is 1. The first-order chi connectivity index (χ1) is 16.4. The summed E-state index contributed by atoms with van der Waals surface area (Å²) in [5.41, 5.74) is 2.30. The third-order valence-corrected chi connectivity index (χ3v) is 6.12. The molecule has 0 spiro atoms. The predicted molar refractivity (Wildman–Crippen MR) is 139 cm³/mol. The molecule has 0 saturated heterocycles. The predicted octanol–water partition coefficient (Wildman–Crippen LogP) is 6.04. The van der Waals surface area contributed by atoms with Crippen molar-refractivity contribution < 1.29 is 19.1 Å². The van der Waals surface area contributed by atoms with Gasteiger partial charge in [0.1, 0.15) is 11.3 Å². The number of ether oxygens (including phenoxy) is 2. The smallest absolute Gasteiger partial charge is 0.262 e. The number of aromatic nitrogens is 1. The summed E-state index contributed by atoms with van der Waals surface area (Å²) in [7, 11) is 1.58. The number of carbonyl (C=O) groups excluding carboxylic acids is 2. The summed E-state index contributed by atoms with van der Waals surface area (Å²) in [5, 5.41) is 6.46. The first kappa shape index (κ1) is 23.7. The largest absolute Gasteiger partial charge is 0.497 e. The fraction of sp³-hybridized carbons (Fsp3) is 0.0800. The number of hydrogen-bond donors (Lipinski definition) is 2. The van der Waals surface area contributed by atoms with Crippen molar-refractivity contribution in [1.82, 2.24) is 4.98 Å². The number of halogens is 2. The van der Waals surface area contributed by atoms with Crippen molar-refractivity contribution in [3.05, 3.63) is 87.4 Å². The summed E-state index contributed by atoms with van der Waals surface area (Å²) < 4.78 is 12.4. The molecule has 0 saturated carbocycles. The van der Waals surface area contributed by atoms with Crippen LogP contribution < -0.4 is 20.1 Å². The molecule has 0 bridgehead atoms. The lowest BCUT2D eigenvalue weighted by Gasteiger charge is -2.12. The number of nitrogens with one attached hydrogen (secondary N) is 2. The van der Waals surface area contributed by atoms with Gasteiger partial charge in [-0.3, -0.25) is 14.6 Å². The minimum atomic E-state index is -0.339. The number of carbonyl (C=O) groups is 2. The molecular formula is C25H19Br2N3O4. The quantitative estimate of drug-likeness (QED) is 0.276. The molecule has 0 aliphatic heterocycles.